The van der Waals surface area contributed by atoms with Gasteiger partial charge >= 0.3 is 17.9 Å². The van der Waals surface area contributed by atoms with Crippen LogP contribution < -0.4 is 43.0 Å². The molecule has 0 bridgehead atoms. The second-order valence-electron chi connectivity index (χ2n) is 19.7. The monoisotopic (exact) mass is 1070 g/mol. The Labute approximate surface area is 445 Å². The quantitative estimate of drug-likeness (QED) is 0.0351. The maximum absolute atomic E-state index is 14.5. The minimum atomic E-state index is -1.63. The number of carboxylic acid groups (broad SMARTS) is 3. The van der Waals surface area contributed by atoms with Crippen LogP contribution in [0.3, 0.4) is 0 Å². The number of hydrogen-bond donors (Lipinski definition) is 13. The van der Waals surface area contributed by atoms with Crippen molar-refractivity contribution in [1.82, 2.24) is 42.2 Å². The zero-order valence-corrected chi connectivity index (χ0v) is 43.8. The van der Waals surface area contributed by atoms with Gasteiger partial charge in [-0.2, -0.15) is 0 Å². The van der Waals surface area contributed by atoms with Crippen LogP contribution in [0.2, 0.25) is 0 Å². The summed E-state index contributed by atoms with van der Waals surface area (Å²) >= 11 is 0. The van der Waals surface area contributed by atoms with Crippen LogP contribution in [0.15, 0.2) is 85.1 Å². The van der Waals surface area contributed by atoms with Crippen LogP contribution in [0, 0.1) is 17.8 Å². The minimum absolute atomic E-state index is 0.0841. The molecule has 0 aliphatic rings. The number of carboxylic acids is 3. The molecule has 3 aromatic carbocycles. The molecular weight excluding hydrogens is 999 g/mol. The van der Waals surface area contributed by atoms with Gasteiger partial charge in [0.25, 0.3) is 0 Å². The van der Waals surface area contributed by atoms with E-state index in [4.69, 9.17) is 5.73 Å². The van der Waals surface area contributed by atoms with E-state index in [0.717, 1.165) is 10.9 Å². The number of rotatable bonds is 30. The molecule has 416 valence electrons. The third-order valence-corrected chi connectivity index (χ3v) is 12.9. The number of nitrogens with two attached hydrogens (primary N) is 1. The molecule has 4 rings (SSSR count). The molecule has 0 saturated carbocycles. The molecule has 0 unspecified atom stereocenters. The molecule has 23 nitrogen and oxygen atoms in total. The van der Waals surface area contributed by atoms with E-state index in [0.29, 0.717) is 23.1 Å². The van der Waals surface area contributed by atoms with Crippen molar-refractivity contribution in [3.63, 3.8) is 0 Å². The summed E-state index contributed by atoms with van der Waals surface area (Å²) in [6.07, 6.45) is -0.359. The van der Waals surface area contributed by atoms with Crippen LogP contribution in [0.5, 0.6) is 5.75 Å². The molecule has 0 fully saturated rings. The highest BCUT2D eigenvalue weighted by Gasteiger charge is 2.37. The summed E-state index contributed by atoms with van der Waals surface area (Å²) < 4.78 is 0. The summed E-state index contributed by atoms with van der Waals surface area (Å²) in [6.45, 7) is 9.81. The number of phenols is 1. The Morgan fingerprint density at radius 1 is 0.519 bits per heavy atom. The highest BCUT2D eigenvalue weighted by molar-refractivity contribution is 5.98. The predicted molar refractivity (Wildman–Crippen MR) is 281 cm³/mol. The molecule has 14 N–H and O–H groups in total. The molecule has 4 aromatic rings. The van der Waals surface area contributed by atoms with E-state index < -0.39 is 145 Å². The van der Waals surface area contributed by atoms with Crippen molar-refractivity contribution in [3.8, 4) is 5.75 Å². The number of nitrogens with one attached hydrogen (secondary N) is 8. The minimum Gasteiger partial charge on any atom is -0.508 e. The number of aromatic hydroxyl groups is 1. The Kier molecular flexibility index (Phi) is 23.1. The molecule has 0 saturated heterocycles. The highest BCUT2D eigenvalue weighted by atomic mass is 16.4. The van der Waals surface area contributed by atoms with E-state index in [1.54, 1.807) is 84.1 Å². The first-order valence-electron chi connectivity index (χ1n) is 25.3. The Morgan fingerprint density at radius 2 is 0.987 bits per heavy atom. The van der Waals surface area contributed by atoms with Gasteiger partial charge in [0.1, 0.15) is 48.0 Å². The molecule has 1 heterocycles. The first kappa shape index (κ1) is 61.2. The van der Waals surface area contributed by atoms with Gasteiger partial charge in [0, 0.05) is 42.8 Å². The van der Waals surface area contributed by atoms with Crippen LogP contribution in [-0.4, -0.2) is 133 Å². The second kappa shape index (κ2) is 29.1. The average molecular weight is 1070 g/mol. The van der Waals surface area contributed by atoms with Gasteiger partial charge in [-0.25, -0.2) is 4.79 Å². The number of aliphatic carboxylic acids is 3. The van der Waals surface area contributed by atoms with E-state index in [2.05, 4.69) is 42.2 Å². The summed E-state index contributed by atoms with van der Waals surface area (Å²) in [5, 5.41) is 57.8. The van der Waals surface area contributed by atoms with E-state index in [-0.39, 0.29) is 25.0 Å². The van der Waals surface area contributed by atoms with Crippen molar-refractivity contribution in [2.75, 3.05) is 0 Å². The molecule has 0 aliphatic carbocycles. The molecule has 0 aliphatic heterocycles. The van der Waals surface area contributed by atoms with E-state index in [9.17, 15) is 68.4 Å². The van der Waals surface area contributed by atoms with Gasteiger partial charge in [0.15, 0.2) is 0 Å². The van der Waals surface area contributed by atoms with Crippen LogP contribution in [0.4, 0.5) is 0 Å². The number of benzene rings is 3. The fourth-order valence-electron chi connectivity index (χ4n) is 8.27. The van der Waals surface area contributed by atoms with Gasteiger partial charge in [-0.15, -0.1) is 0 Å². The lowest BCUT2D eigenvalue weighted by molar-refractivity contribution is -0.142. The highest BCUT2D eigenvalue weighted by Crippen LogP contribution is 2.20. The molecular formula is C54H71N9O14. The summed E-state index contributed by atoms with van der Waals surface area (Å²) in [5.41, 5.74) is 8.17. The third-order valence-electron chi connectivity index (χ3n) is 12.9. The number of H-pyrrole nitrogens is 1. The SMILES string of the molecule is CC[C@H](C)[C@H](NC(=O)[C@@H](N)CC(=O)O)C(=O)N[C@@H](Cc1ccc(O)cc1)C(=O)N[C@@H](Cc1ccccc1)C(=O)N[C@@H](CCC(=O)O)C(=O)N[C@H](C(=O)N[C@H](C(=O)N[C@@H](Cc1c[nH]c2ccccc12)C(=O)O)C(C)C)C(C)C. The zero-order valence-electron chi connectivity index (χ0n) is 43.8. The van der Waals surface area contributed by atoms with Crippen molar-refractivity contribution in [3.05, 3.63) is 102 Å². The topological polar surface area (TPSA) is 378 Å². The number of hydrogen-bond acceptors (Lipinski definition) is 12. The summed E-state index contributed by atoms with van der Waals surface area (Å²) in [7, 11) is 0. The molecule has 7 amide bonds. The number of aromatic amines is 1. The van der Waals surface area contributed by atoms with Crippen molar-refractivity contribution < 1.29 is 68.4 Å². The maximum Gasteiger partial charge on any atom is 0.326 e. The Balaban J connectivity index is 1.60. The van der Waals surface area contributed by atoms with Crippen LogP contribution in [0.25, 0.3) is 10.9 Å². The standard InChI is InChI=1S/C54H71N9O14/c1-7-30(6)46(63-47(69)36(55)26-43(67)68)53(75)59-40(24-32-17-19-34(64)20-18-32)50(72)58-39(23-31-13-9-8-10-14-31)49(71)57-38(21-22-42(65)66)48(70)61-45(29(4)5)52(74)62-44(28(2)3)51(73)60-41(54(76)77)25-33-27-56-37-16-12-11-15-35(33)37/h8-20,27-30,36,38-41,44-46,56,64H,7,21-26,55H2,1-6H3,(H,57,71)(H,58,72)(H,59,75)(H,60,73)(H,61,70)(H,62,74)(H,63,69)(H,65,66)(H,67,68)(H,76,77)/t30-,36-,38-,39-,40-,41-,44-,45-,46-/m0/s1. The lowest BCUT2D eigenvalue weighted by Gasteiger charge is -2.30. The molecule has 0 spiro atoms. The number of carbonyl (C=O) groups excluding carboxylic acids is 7. The number of amides is 7. The van der Waals surface area contributed by atoms with E-state index >= 15 is 0 Å². The van der Waals surface area contributed by atoms with Crippen LogP contribution in [0.1, 0.15) is 83.9 Å². The van der Waals surface area contributed by atoms with Gasteiger partial charge in [0.05, 0.1) is 12.5 Å². The average Bonchev–Trinajstić information content (AvgIpc) is 3.79. The fraction of sp³-hybridized carbons (Fsp3) is 0.444. The van der Waals surface area contributed by atoms with Crippen molar-refractivity contribution in [1.29, 1.82) is 0 Å². The normalized spacial score (nSPS) is 14.8. The van der Waals surface area contributed by atoms with Crippen molar-refractivity contribution in [2.45, 2.75) is 135 Å². The molecule has 23 heteroatoms. The predicted octanol–water partition coefficient (Wildman–Crippen LogP) is 1.40. The van der Waals surface area contributed by atoms with Gasteiger partial charge in [-0.05, 0) is 59.1 Å². The molecule has 0 radical (unpaired) electrons. The largest absolute Gasteiger partial charge is 0.508 e. The lowest BCUT2D eigenvalue weighted by atomic mass is 9.96. The van der Waals surface area contributed by atoms with Gasteiger partial charge in [-0.1, -0.05) is 109 Å². The van der Waals surface area contributed by atoms with Crippen molar-refractivity contribution in [2.24, 2.45) is 23.5 Å². The van der Waals surface area contributed by atoms with Gasteiger partial charge in [-0.3, -0.25) is 43.2 Å². The van der Waals surface area contributed by atoms with E-state index in [1.807, 2.05) is 18.2 Å². The van der Waals surface area contributed by atoms with Crippen LogP contribution in [-0.2, 0) is 67.2 Å². The number of aromatic nitrogens is 1. The smallest absolute Gasteiger partial charge is 0.326 e. The summed E-state index contributed by atoms with van der Waals surface area (Å²) in [5.74, 6) is -12.2. The fourth-order valence-corrected chi connectivity index (χ4v) is 8.27. The lowest BCUT2D eigenvalue weighted by Crippen LogP contribution is -2.62. The maximum atomic E-state index is 14.5. The number of fused-ring (bicyclic) bond motifs is 1. The van der Waals surface area contributed by atoms with Crippen LogP contribution >= 0.6 is 0 Å². The molecule has 77 heavy (non-hydrogen) atoms. The first-order chi connectivity index (χ1) is 36.4. The summed E-state index contributed by atoms with van der Waals surface area (Å²) in [4.78, 5) is 137. The van der Waals surface area contributed by atoms with Gasteiger partial charge < -0.3 is 68.4 Å². The number of carbonyl (C=O) groups is 10. The Bertz CT molecular complexity index is 2710. The van der Waals surface area contributed by atoms with Gasteiger partial charge in [0.2, 0.25) is 41.4 Å². The van der Waals surface area contributed by atoms with E-state index in [1.165, 1.54) is 24.3 Å². The number of para-hydroxylation sites is 1. The Morgan fingerprint density at radius 3 is 1.53 bits per heavy atom. The molecule has 1 aromatic heterocycles. The zero-order chi connectivity index (χ0) is 57.1. The second-order valence-corrected chi connectivity index (χ2v) is 19.7. The third kappa shape index (κ3) is 18.8. The van der Waals surface area contributed by atoms with Crippen molar-refractivity contribution >= 4 is 70.2 Å². The summed E-state index contributed by atoms with van der Waals surface area (Å²) in [6, 6.07) is 9.80. The molecule has 9 atom stereocenters. The Hall–Kier alpha value is -8.34. The number of phenolic OH excluding ortho intramolecular Hbond substituents is 1. The first-order valence-corrected chi connectivity index (χ1v) is 25.3.